The van der Waals surface area contributed by atoms with Gasteiger partial charge < -0.3 is 4.74 Å². The molecule has 4 nitrogen and oxygen atoms in total. The molecule has 1 N–H and O–H groups in total. The Morgan fingerprint density at radius 1 is 0.962 bits per heavy atom. The van der Waals surface area contributed by atoms with Crippen LogP contribution in [0.5, 0.6) is 5.75 Å². The summed E-state index contributed by atoms with van der Waals surface area (Å²) in [6.45, 7) is 1.31. The minimum atomic E-state index is -0.0946. The van der Waals surface area contributed by atoms with E-state index in [0.717, 1.165) is 30.0 Å². The van der Waals surface area contributed by atoms with Crippen molar-refractivity contribution in [3.63, 3.8) is 0 Å². The topological polar surface area (TPSA) is 41.6 Å². The Labute approximate surface area is 153 Å². The predicted molar refractivity (Wildman–Crippen MR) is 102 cm³/mol. The van der Waals surface area contributed by atoms with Crippen molar-refractivity contribution >= 4 is 11.6 Å². The van der Waals surface area contributed by atoms with Crippen LogP contribution in [0.1, 0.15) is 21.5 Å². The van der Waals surface area contributed by atoms with Crippen molar-refractivity contribution in [1.82, 2.24) is 5.43 Å². The number of benzene rings is 3. The fraction of sp³-hybridized carbons (Fsp3) is 0.136. The third kappa shape index (κ3) is 3.54. The maximum atomic E-state index is 12.4. The Morgan fingerprint density at radius 2 is 1.69 bits per heavy atom. The van der Waals surface area contributed by atoms with Crippen LogP contribution < -0.4 is 15.2 Å². The summed E-state index contributed by atoms with van der Waals surface area (Å²) in [7, 11) is 0. The van der Waals surface area contributed by atoms with Gasteiger partial charge in [0.1, 0.15) is 12.4 Å². The van der Waals surface area contributed by atoms with Gasteiger partial charge in [0.05, 0.1) is 5.69 Å². The molecule has 0 radical (unpaired) electrons. The Balaban J connectivity index is 1.42. The molecule has 4 heteroatoms. The van der Waals surface area contributed by atoms with E-state index in [1.807, 2.05) is 77.8 Å². The Kier molecular flexibility index (Phi) is 4.56. The summed E-state index contributed by atoms with van der Waals surface area (Å²) in [6.07, 6.45) is 0.882. The van der Waals surface area contributed by atoms with E-state index in [9.17, 15) is 4.79 Å². The zero-order valence-corrected chi connectivity index (χ0v) is 14.4. The van der Waals surface area contributed by atoms with Crippen LogP contribution in [0.3, 0.4) is 0 Å². The number of hydrogen-bond acceptors (Lipinski definition) is 3. The molecule has 4 rings (SSSR count). The minimum Gasteiger partial charge on any atom is -0.489 e. The summed E-state index contributed by atoms with van der Waals surface area (Å²) in [5.41, 5.74) is 7.00. The third-order valence-corrected chi connectivity index (χ3v) is 4.47. The lowest BCUT2D eigenvalue weighted by atomic mass is 10.1. The first-order valence-electron chi connectivity index (χ1n) is 8.73. The van der Waals surface area contributed by atoms with Gasteiger partial charge in [-0.05, 0) is 47.9 Å². The Bertz CT molecular complexity index is 895. The summed E-state index contributed by atoms with van der Waals surface area (Å²) < 4.78 is 5.90. The van der Waals surface area contributed by atoms with Crippen LogP contribution in [0.4, 0.5) is 5.69 Å². The van der Waals surface area contributed by atoms with Crippen molar-refractivity contribution in [1.29, 1.82) is 0 Å². The van der Waals surface area contributed by atoms with Gasteiger partial charge in [-0.3, -0.25) is 15.2 Å². The number of fused-ring (bicyclic) bond motifs is 1. The molecule has 3 aromatic rings. The first kappa shape index (κ1) is 16.2. The van der Waals surface area contributed by atoms with Crippen LogP contribution in [0.15, 0.2) is 78.9 Å². The lowest BCUT2D eigenvalue weighted by Gasteiger charge is -2.20. The fourth-order valence-electron chi connectivity index (χ4n) is 3.10. The van der Waals surface area contributed by atoms with Gasteiger partial charge in [0.25, 0.3) is 5.91 Å². The SMILES string of the molecule is O=C(NN1CCc2cc(OCc3ccccc3)ccc21)c1ccccc1. The second-order valence-corrected chi connectivity index (χ2v) is 6.27. The number of amides is 1. The van der Waals surface area contributed by atoms with Gasteiger partial charge in [-0.25, -0.2) is 0 Å². The zero-order valence-electron chi connectivity index (χ0n) is 14.4. The quantitative estimate of drug-likeness (QED) is 0.761. The number of ether oxygens (including phenoxy) is 1. The average Bonchev–Trinajstić information content (AvgIpc) is 3.10. The van der Waals surface area contributed by atoms with Crippen molar-refractivity contribution in [3.05, 3.63) is 95.6 Å². The van der Waals surface area contributed by atoms with E-state index in [1.165, 1.54) is 5.56 Å². The molecule has 0 saturated carbocycles. The number of hydrogen-bond donors (Lipinski definition) is 1. The molecule has 0 atom stereocenters. The zero-order chi connectivity index (χ0) is 17.8. The molecule has 130 valence electrons. The van der Waals surface area contributed by atoms with E-state index in [0.29, 0.717) is 12.2 Å². The molecule has 26 heavy (non-hydrogen) atoms. The Hall–Kier alpha value is -3.27. The highest BCUT2D eigenvalue weighted by molar-refractivity contribution is 5.95. The highest BCUT2D eigenvalue weighted by Crippen LogP contribution is 2.30. The third-order valence-electron chi connectivity index (χ3n) is 4.47. The first-order chi connectivity index (χ1) is 12.8. The smallest absolute Gasteiger partial charge is 0.269 e. The number of rotatable bonds is 5. The maximum absolute atomic E-state index is 12.4. The first-order valence-corrected chi connectivity index (χ1v) is 8.73. The largest absolute Gasteiger partial charge is 0.489 e. The molecule has 1 amide bonds. The van der Waals surface area contributed by atoms with Crippen LogP contribution >= 0.6 is 0 Å². The maximum Gasteiger partial charge on any atom is 0.269 e. The minimum absolute atomic E-state index is 0.0946. The molecule has 0 aromatic heterocycles. The van der Waals surface area contributed by atoms with Crippen molar-refractivity contribution in [2.75, 3.05) is 11.6 Å². The van der Waals surface area contributed by atoms with Crippen LogP contribution in [-0.4, -0.2) is 12.5 Å². The molecular formula is C22H20N2O2. The Morgan fingerprint density at radius 3 is 2.46 bits per heavy atom. The average molecular weight is 344 g/mol. The van der Waals surface area contributed by atoms with Gasteiger partial charge in [0, 0.05) is 12.1 Å². The van der Waals surface area contributed by atoms with Crippen molar-refractivity contribution in [2.24, 2.45) is 0 Å². The van der Waals surface area contributed by atoms with Crippen LogP contribution in [0.25, 0.3) is 0 Å². The number of hydrazine groups is 1. The standard InChI is InChI=1S/C22H20N2O2/c25-22(18-9-5-2-6-10-18)23-24-14-13-19-15-20(11-12-21(19)24)26-16-17-7-3-1-4-8-17/h1-12,15H,13-14,16H2,(H,23,25). The van der Waals surface area contributed by atoms with Gasteiger partial charge >= 0.3 is 0 Å². The summed E-state index contributed by atoms with van der Waals surface area (Å²) in [5.74, 6) is 0.756. The van der Waals surface area contributed by atoms with E-state index in [-0.39, 0.29) is 5.91 Å². The van der Waals surface area contributed by atoms with Crippen LogP contribution in [0, 0.1) is 0 Å². The summed E-state index contributed by atoms with van der Waals surface area (Å²) in [5, 5.41) is 1.91. The highest BCUT2D eigenvalue weighted by Gasteiger charge is 2.21. The van der Waals surface area contributed by atoms with Gasteiger partial charge in [-0.1, -0.05) is 48.5 Å². The molecule has 0 bridgehead atoms. The summed E-state index contributed by atoms with van der Waals surface area (Å²) in [4.78, 5) is 12.4. The number of nitrogens with one attached hydrogen (secondary N) is 1. The van der Waals surface area contributed by atoms with E-state index >= 15 is 0 Å². The monoisotopic (exact) mass is 344 g/mol. The lowest BCUT2D eigenvalue weighted by molar-refractivity contribution is 0.0950. The molecule has 1 aliphatic heterocycles. The molecule has 0 fully saturated rings. The number of nitrogens with zero attached hydrogens (tertiary/aromatic N) is 1. The molecule has 0 saturated heterocycles. The normalized spacial score (nSPS) is 12.5. The van der Waals surface area contributed by atoms with Gasteiger partial charge in [-0.2, -0.15) is 0 Å². The van der Waals surface area contributed by atoms with E-state index in [2.05, 4.69) is 11.5 Å². The second-order valence-electron chi connectivity index (χ2n) is 6.27. The van der Waals surface area contributed by atoms with Gasteiger partial charge in [0.15, 0.2) is 0 Å². The van der Waals surface area contributed by atoms with Crippen molar-refractivity contribution in [3.8, 4) is 5.75 Å². The van der Waals surface area contributed by atoms with E-state index in [4.69, 9.17) is 4.74 Å². The number of carbonyl (C=O) groups excluding carboxylic acids is 1. The fourth-order valence-corrected chi connectivity index (χ4v) is 3.10. The van der Waals surface area contributed by atoms with E-state index < -0.39 is 0 Å². The molecular weight excluding hydrogens is 324 g/mol. The van der Waals surface area contributed by atoms with Crippen molar-refractivity contribution < 1.29 is 9.53 Å². The number of anilines is 1. The molecule has 0 aliphatic carbocycles. The van der Waals surface area contributed by atoms with Crippen LogP contribution in [-0.2, 0) is 13.0 Å². The summed E-state index contributed by atoms with van der Waals surface area (Å²) in [6, 6.07) is 25.4. The van der Waals surface area contributed by atoms with E-state index in [1.54, 1.807) is 0 Å². The lowest BCUT2D eigenvalue weighted by Crippen LogP contribution is -2.41. The molecule has 0 spiro atoms. The van der Waals surface area contributed by atoms with Crippen LogP contribution in [0.2, 0.25) is 0 Å². The number of carbonyl (C=O) groups is 1. The highest BCUT2D eigenvalue weighted by atomic mass is 16.5. The molecule has 0 unspecified atom stereocenters. The van der Waals surface area contributed by atoms with Crippen molar-refractivity contribution in [2.45, 2.75) is 13.0 Å². The molecule has 1 heterocycles. The summed E-state index contributed by atoms with van der Waals surface area (Å²) >= 11 is 0. The second kappa shape index (κ2) is 7.31. The van der Waals surface area contributed by atoms with Gasteiger partial charge in [-0.15, -0.1) is 0 Å². The van der Waals surface area contributed by atoms with Gasteiger partial charge in [0.2, 0.25) is 0 Å². The molecule has 1 aliphatic rings. The molecule has 3 aromatic carbocycles. The predicted octanol–water partition coefficient (Wildman–Crippen LogP) is 3.97.